The van der Waals surface area contributed by atoms with Crippen molar-refractivity contribution in [2.24, 2.45) is 17.8 Å². The number of aromatic nitrogens is 2. The van der Waals surface area contributed by atoms with Gasteiger partial charge in [-0.3, -0.25) is 19.2 Å². The van der Waals surface area contributed by atoms with E-state index in [-0.39, 0.29) is 97.2 Å². The highest BCUT2D eigenvalue weighted by Gasteiger charge is 2.51. The Morgan fingerprint density at radius 2 is 1.85 bits per heavy atom. The maximum absolute atomic E-state index is 15.5. The van der Waals surface area contributed by atoms with Gasteiger partial charge in [0.2, 0.25) is 5.43 Å². The molecule has 0 fully saturated rings. The van der Waals surface area contributed by atoms with Crippen molar-refractivity contribution >= 4 is 51.0 Å². The monoisotopic (exact) mass is 902 g/mol. The normalized spacial score (nSPS) is 26.1. The molecule has 1 aromatic heterocycles. The van der Waals surface area contributed by atoms with Gasteiger partial charge in [0, 0.05) is 68.8 Å². The van der Waals surface area contributed by atoms with Crippen LogP contribution < -0.4 is 29.9 Å². The lowest BCUT2D eigenvalue weighted by atomic mass is 9.85. The van der Waals surface area contributed by atoms with Crippen LogP contribution in [-0.4, -0.2) is 84.1 Å². The first-order valence-corrected chi connectivity index (χ1v) is 22.0. The fraction of sp³-hybridized carbons (Fsp3) is 0.400. The number of nitrogens with one attached hydrogen (secondary N) is 1. The summed E-state index contributed by atoms with van der Waals surface area (Å²) in [6.45, 7) is 12.7. The fourth-order valence-corrected chi connectivity index (χ4v) is 9.06. The lowest BCUT2D eigenvalue weighted by Gasteiger charge is -2.36. The Morgan fingerprint density at radius 3 is 2.58 bits per heavy atom. The molecule has 66 heavy (non-hydrogen) atoms. The van der Waals surface area contributed by atoms with Gasteiger partial charge in [-0.05, 0) is 56.7 Å². The van der Waals surface area contributed by atoms with E-state index in [4.69, 9.17) is 37.8 Å². The first-order valence-electron chi connectivity index (χ1n) is 22.0. The minimum Gasteiger partial charge on any atom is -0.505 e. The van der Waals surface area contributed by atoms with Crippen LogP contribution in [0.3, 0.4) is 0 Å². The van der Waals surface area contributed by atoms with E-state index in [1.165, 1.54) is 39.4 Å². The summed E-state index contributed by atoms with van der Waals surface area (Å²) >= 11 is 0. The second-order valence-corrected chi connectivity index (χ2v) is 17.6. The van der Waals surface area contributed by atoms with Gasteiger partial charge in [-0.15, -0.1) is 0 Å². The smallest absolute Gasteiger partial charge is 0.312 e. The van der Waals surface area contributed by atoms with Crippen molar-refractivity contribution in [1.82, 2.24) is 9.97 Å². The number of rotatable bonds is 7. The predicted molar refractivity (Wildman–Crippen MR) is 246 cm³/mol. The van der Waals surface area contributed by atoms with E-state index >= 15 is 4.79 Å². The molecule has 16 heteroatoms. The number of pyridine rings is 1. The van der Waals surface area contributed by atoms with E-state index in [1.807, 2.05) is 43.1 Å². The first-order chi connectivity index (χ1) is 31.5. The molecule has 0 radical (unpaired) electrons. The van der Waals surface area contributed by atoms with Gasteiger partial charge in [-0.2, -0.15) is 0 Å². The number of carbonyl (C=O) groups excluding carboxylic acids is 3. The van der Waals surface area contributed by atoms with E-state index in [0.717, 1.165) is 5.82 Å². The summed E-state index contributed by atoms with van der Waals surface area (Å²) < 4.78 is 44.3. The summed E-state index contributed by atoms with van der Waals surface area (Å²) in [5.41, 5.74) is -0.638. The lowest BCUT2D eigenvalue weighted by molar-refractivity contribution is -0.159. The highest BCUT2D eigenvalue weighted by Crippen LogP contribution is 2.52. The van der Waals surface area contributed by atoms with Crippen LogP contribution in [0, 0.1) is 24.7 Å². The Morgan fingerprint density at radius 1 is 1.06 bits per heavy atom. The molecule has 1 aliphatic carbocycles. The summed E-state index contributed by atoms with van der Waals surface area (Å²) in [6.07, 6.45) is 8.57. The highest BCUT2D eigenvalue weighted by atomic mass is 16.7. The van der Waals surface area contributed by atoms with Crippen molar-refractivity contribution in [3.63, 3.8) is 0 Å². The number of ether oxygens (including phenoxy) is 6. The summed E-state index contributed by atoms with van der Waals surface area (Å²) in [4.78, 5) is 68.7. The molecule has 3 aromatic rings. The second kappa shape index (κ2) is 18.1. The number of esters is 1. The molecular weight excluding hydrogens is 849 g/mol. The molecule has 1 amide bonds. The number of hydrogen-bond donors (Lipinski definition) is 2. The number of phenolic OH excluding ortho intramolecular Hbond substituents is 1. The molecule has 6 bridgehead atoms. The molecule has 7 atom stereocenters. The van der Waals surface area contributed by atoms with Crippen molar-refractivity contribution in [1.29, 1.82) is 0 Å². The zero-order valence-corrected chi connectivity index (χ0v) is 38.4. The number of carbonyl (C=O) groups is 3. The number of fused-ring (bicyclic) bond motifs is 8. The van der Waals surface area contributed by atoms with E-state index in [2.05, 4.69) is 24.1 Å². The molecule has 5 aliphatic rings. The van der Waals surface area contributed by atoms with Crippen LogP contribution in [0.25, 0.3) is 33.3 Å². The van der Waals surface area contributed by atoms with Crippen LogP contribution in [0.5, 0.6) is 23.0 Å². The molecule has 8 rings (SSSR count). The number of Topliss-reactive ketones (excluding diaryl/α,β-unsaturated/α-hetero) is 1. The predicted octanol–water partition coefficient (Wildman–Crippen LogP) is 8.04. The summed E-state index contributed by atoms with van der Waals surface area (Å²) in [5, 5.41) is 14.2. The molecule has 0 spiro atoms. The largest absolute Gasteiger partial charge is 0.505 e. The number of phenols is 1. The van der Waals surface area contributed by atoms with Gasteiger partial charge < -0.3 is 48.2 Å². The van der Waals surface area contributed by atoms with E-state index in [1.54, 1.807) is 38.3 Å². The molecule has 2 N–H and O–H groups in total. The number of aromatic hydroxyl groups is 1. The average molecular weight is 903 g/mol. The molecule has 346 valence electrons. The Hall–Kier alpha value is -6.94. The van der Waals surface area contributed by atoms with Crippen LogP contribution in [0.4, 0.5) is 11.5 Å². The Balaban J connectivity index is 1.41. The van der Waals surface area contributed by atoms with Crippen LogP contribution >= 0.6 is 0 Å². The molecule has 3 unspecified atom stereocenters. The van der Waals surface area contributed by atoms with Gasteiger partial charge in [-0.25, -0.2) is 9.97 Å². The zero-order chi connectivity index (χ0) is 47.2. The topological polar surface area (TPSA) is 198 Å². The third-order valence-electron chi connectivity index (χ3n) is 12.5. The van der Waals surface area contributed by atoms with Gasteiger partial charge >= 0.3 is 11.8 Å². The SMILES string of the molecule is CO[C@H]1/C=C/O[C@@]2(C)Oc3c(C)c4c5c(=O)c(c6oc7cc(OCCN(C)c8ccccn8)cc(O)c7nc-6c5c3C2=O)NC(=O)/C(C)=C\C=C\C(C)C[C@@H](C)CC(O4)C(OC(C)=O)[C@@H]1C. The molecule has 16 nitrogen and oxygen atoms in total. The third-order valence-corrected chi connectivity index (χ3v) is 12.5. The molecule has 2 aromatic carbocycles. The number of anilines is 2. The van der Waals surface area contributed by atoms with Crippen LogP contribution in [0.2, 0.25) is 0 Å². The number of hydrogen-bond acceptors (Lipinski definition) is 15. The first kappa shape index (κ1) is 45.6. The number of allylic oxidation sites excluding steroid dienone is 3. The van der Waals surface area contributed by atoms with E-state index < -0.39 is 53.1 Å². The summed E-state index contributed by atoms with van der Waals surface area (Å²) in [7, 11) is 3.38. The minimum absolute atomic E-state index is 0.00349. The number of likely N-dealkylation sites (N-methyl/N-ethyl adjacent to an activating group) is 1. The zero-order valence-electron chi connectivity index (χ0n) is 38.4. The van der Waals surface area contributed by atoms with Crippen molar-refractivity contribution in [2.45, 2.75) is 85.4 Å². The number of methoxy groups -OCH3 is 1. The summed E-state index contributed by atoms with van der Waals surface area (Å²) in [5.74, 6) is -3.78. The number of benzene rings is 3. The van der Waals surface area contributed by atoms with E-state index in [0.29, 0.717) is 19.4 Å². The van der Waals surface area contributed by atoms with Gasteiger partial charge in [0.25, 0.3) is 11.7 Å². The van der Waals surface area contributed by atoms with Gasteiger partial charge in [0.1, 0.15) is 64.5 Å². The molecular formula is C50H54N4O12. The maximum atomic E-state index is 15.5. The Bertz CT molecular complexity index is 2850. The van der Waals surface area contributed by atoms with Gasteiger partial charge in [-0.1, -0.05) is 45.1 Å². The van der Waals surface area contributed by atoms with Gasteiger partial charge in [0.15, 0.2) is 11.3 Å². The van der Waals surface area contributed by atoms with Crippen molar-refractivity contribution in [3.05, 3.63) is 94.0 Å². The van der Waals surface area contributed by atoms with Crippen LogP contribution in [0.15, 0.2) is 81.9 Å². The van der Waals surface area contributed by atoms with E-state index in [9.17, 15) is 19.5 Å². The van der Waals surface area contributed by atoms with Gasteiger partial charge in [0.05, 0.1) is 29.9 Å². The number of nitrogens with zero attached hydrogens (tertiary/aromatic N) is 3. The van der Waals surface area contributed by atoms with Crippen molar-refractivity contribution in [2.75, 3.05) is 37.5 Å². The second-order valence-electron chi connectivity index (χ2n) is 17.6. The van der Waals surface area contributed by atoms with Crippen molar-refractivity contribution in [3.8, 4) is 34.5 Å². The van der Waals surface area contributed by atoms with Crippen molar-refractivity contribution < 1.29 is 52.3 Å². The molecule has 5 heterocycles. The van der Waals surface area contributed by atoms with Crippen LogP contribution in [-0.2, 0) is 23.8 Å². The average Bonchev–Trinajstić information content (AvgIpc) is 3.54. The lowest BCUT2D eigenvalue weighted by Crippen LogP contribution is -2.45. The Kier molecular flexibility index (Phi) is 12.5. The highest BCUT2D eigenvalue weighted by molar-refractivity contribution is 6.22. The maximum Gasteiger partial charge on any atom is 0.312 e. The fourth-order valence-electron chi connectivity index (χ4n) is 9.06. The molecule has 0 saturated heterocycles. The number of ketones is 1. The minimum atomic E-state index is -1.95. The third kappa shape index (κ3) is 8.52. The number of amides is 1. The van der Waals surface area contributed by atoms with Crippen LogP contribution in [0.1, 0.15) is 70.3 Å². The Labute approximate surface area is 381 Å². The molecule has 4 aliphatic heterocycles. The molecule has 0 saturated carbocycles. The quantitative estimate of drug-likeness (QED) is 0.0903. The summed E-state index contributed by atoms with van der Waals surface area (Å²) in [6, 6.07) is 8.49. The standard InChI is InChI=1S/C50H54N4O12/c1-25-13-12-14-27(3)49(59)53-42-43(57)38-37(41-47(42)64-34-24-31(23-32(56)40(34)52-41)61-20-18-54(8)36-15-10-11-17-51-36)39-46-29(5)45(38)65-35(22-26(2)21-25)44(63-30(6)55)28(4)33(60-9)16-19-62-50(7,66-46)48(39)58/h10-17,19,23-26,28,33,35,44,56H,18,20-22H2,1-9H3,(H,53,59)/b13-12+,19-16+,27-14-/t25?,26-,28-,33+,35?,44?,50+/m1/s1.